The molecule has 1 aromatic carbocycles. The fourth-order valence-corrected chi connectivity index (χ4v) is 6.38. The van der Waals surface area contributed by atoms with Gasteiger partial charge in [-0.15, -0.1) is 0 Å². The highest BCUT2D eigenvalue weighted by Gasteiger charge is 2.72. The number of nitrogens with zero attached hydrogens (tertiary/aromatic N) is 5. The van der Waals surface area contributed by atoms with Crippen molar-refractivity contribution in [2.75, 3.05) is 19.7 Å². The summed E-state index contributed by atoms with van der Waals surface area (Å²) in [6.45, 7) is 6.87. The van der Waals surface area contributed by atoms with E-state index in [1.54, 1.807) is 22.8 Å². The third-order valence-electron chi connectivity index (χ3n) is 8.46. The van der Waals surface area contributed by atoms with E-state index < -0.39 is 5.97 Å². The molecule has 0 radical (unpaired) electrons. The van der Waals surface area contributed by atoms with Crippen molar-refractivity contribution in [1.82, 2.24) is 29.4 Å². The summed E-state index contributed by atoms with van der Waals surface area (Å²) in [7, 11) is 0. The zero-order valence-corrected chi connectivity index (χ0v) is 21.6. The second-order valence-corrected chi connectivity index (χ2v) is 11.3. The van der Waals surface area contributed by atoms with Gasteiger partial charge >= 0.3 is 5.97 Å². The van der Waals surface area contributed by atoms with Crippen molar-refractivity contribution in [2.45, 2.75) is 33.0 Å². The summed E-state index contributed by atoms with van der Waals surface area (Å²) in [5, 5.41) is 18.3. The summed E-state index contributed by atoms with van der Waals surface area (Å²) < 4.78 is 9.65. The standard InChI is InChI=1S/C28H28N6O5/c1-28(2)21-22(28)26(36)33(25(21)35)11-15-7-20-23(30-14-31-34(20)12-15)19-9-17(27(37)38)8-16-3-5-32(24(16)19)13-18-10-29-4-6-39-18/h3,5,7-9,12,14,18,21-22,29H,4,6,10-11,13H2,1-2H3,(H,37,38)/t18-,21?,22?/m0/s1. The van der Waals surface area contributed by atoms with E-state index in [-0.39, 0.29) is 47.3 Å². The van der Waals surface area contributed by atoms with Gasteiger partial charge in [0.05, 0.1) is 59.9 Å². The number of fused-ring (bicyclic) bond motifs is 3. The van der Waals surface area contributed by atoms with Gasteiger partial charge in [0.2, 0.25) is 11.8 Å². The lowest BCUT2D eigenvalue weighted by Gasteiger charge is -2.24. The van der Waals surface area contributed by atoms with Gasteiger partial charge in [0, 0.05) is 36.4 Å². The number of morpholine rings is 1. The lowest BCUT2D eigenvalue weighted by Crippen LogP contribution is -2.40. The highest BCUT2D eigenvalue weighted by molar-refractivity contribution is 6.10. The number of nitrogens with one attached hydrogen (secondary N) is 1. The van der Waals surface area contributed by atoms with Crippen molar-refractivity contribution in [3.05, 3.63) is 54.1 Å². The molecule has 2 saturated heterocycles. The number of hydrogen-bond donors (Lipinski definition) is 2. The van der Waals surface area contributed by atoms with Crippen molar-refractivity contribution in [1.29, 1.82) is 0 Å². The van der Waals surface area contributed by atoms with Gasteiger partial charge in [-0.1, -0.05) is 13.8 Å². The van der Waals surface area contributed by atoms with Crippen molar-refractivity contribution in [2.24, 2.45) is 17.3 Å². The second kappa shape index (κ2) is 8.45. The molecule has 200 valence electrons. The van der Waals surface area contributed by atoms with Crippen molar-refractivity contribution in [3.8, 4) is 11.3 Å². The molecule has 2 amide bonds. The molecule has 11 nitrogen and oxygen atoms in total. The molecular weight excluding hydrogens is 500 g/mol. The second-order valence-electron chi connectivity index (χ2n) is 11.3. The largest absolute Gasteiger partial charge is 0.478 e. The lowest BCUT2D eigenvalue weighted by atomic mass is 10.0. The number of hydrogen-bond acceptors (Lipinski definition) is 7. The SMILES string of the molecule is CC1(C)C2C(=O)N(Cc3cc4c(-c5cc(C(=O)O)cc6ccn(C[C@@H]7CNCCO7)c56)ncnn4c3)C(=O)C21. The Hall–Kier alpha value is -4.09. The van der Waals surface area contributed by atoms with E-state index in [2.05, 4.69) is 20.0 Å². The quantitative estimate of drug-likeness (QED) is 0.364. The molecule has 11 heteroatoms. The Bertz CT molecular complexity index is 1660. The van der Waals surface area contributed by atoms with Gasteiger partial charge in [0.25, 0.3) is 0 Å². The normalized spacial score (nSPS) is 24.1. The number of imide groups is 1. The van der Waals surface area contributed by atoms with Crippen LogP contribution in [0.3, 0.4) is 0 Å². The van der Waals surface area contributed by atoms with Crippen LogP contribution in [0.5, 0.6) is 0 Å². The van der Waals surface area contributed by atoms with E-state index in [0.717, 1.165) is 29.6 Å². The topological polar surface area (TPSA) is 131 Å². The number of carboxylic acids is 1. The van der Waals surface area contributed by atoms with E-state index in [4.69, 9.17) is 4.74 Å². The summed E-state index contributed by atoms with van der Waals surface area (Å²) in [6.07, 6.45) is 5.14. The van der Waals surface area contributed by atoms with Crippen LogP contribution in [-0.4, -0.2) is 72.8 Å². The molecular formula is C28H28N6O5. The molecule has 2 unspecified atom stereocenters. The fraction of sp³-hybridized carbons (Fsp3) is 0.393. The van der Waals surface area contributed by atoms with Crippen LogP contribution >= 0.6 is 0 Å². The number of amides is 2. The molecule has 0 spiro atoms. The van der Waals surface area contributed by atoms with Crippen molar-refractivity contribution < 1.29 is 24.2 Å². The monoisotopic (exact) mass is 528 g/mol. The van der Waals surface area contributed by atoms with E-state index in [1.807, 2.05) is 32.2 Å². The predicted octanol–water partition coefficient (Wildman–Crippen LogP) is 2.18. The summed E-state index contributed by atoms with van der Waals surface area (Å²) >= 11 is 0. The van der Waals surface area contributed by atoms with Crippen LogP contribution < -0.4 is 5.32 Å². The van der Waals surface area contributed by atoms with Gasteiger partial charge in [-0.25, -0.2) is 14.3 Å². The molecule has 3 atom stereocenters. The Kier molecular flexibility index (Phi) is 5.20. The zero-order chi connectivity index (χ0) is 27.1. The van der Waals surface area contributed by atoms with Gasteiger partial charge in [-0.2, -0.15) is 5.10 Å². The number of piperidine rings is 1. The molecule has 39 heavy (non-hydrogen) atoms. The average molecular weight is 529 g/mol. The molecule has 1 aliphatic carbocycles. The Morgan fingerprint density at radius 1 is 1.21 bits per heavy atom. The van der Waals surface area contributed by atoms with Crippen LogP contribution in [0.4, 0.5) is 0 Å². The maximum atomic E-state index is 12.9. The summed E-state index contributed by atoms with van der Waals surface area (Å²) in [4.78, 5) is 43.7. The van der Waals surface area contributed by atoms with E-state index >= 15 is 0 Å². The van der Waals surface area contributed by atoms with Crippen LogP contribution in [0.25, 0.3) is 27.7 Å². The number of aromatic carboxylic acids is 1. The van der Waals surface area contributed by atoms with Crippen LogP contribution in [-0.2, 0) is 27.4 Å². The first-order valence-corrected chi connectivity index (χ1v) is 13.1. The van der Waals surface area contributed by atoms with Crippen LogP contribution in [0.2, 0.25) is 0 Å². The number of benzene rings is 1. The first-order valence-electron chi connectivity index (χ1n) is 13.1. The molecule has 4 aromatic rings. The molecule has 3 fully saturated rings. The number of likely N-dealkylation sites (tertiary alicyclic amines) is 1. The number of rotatable bonds is 6. The number of aromatic nitrogens is 4. The van der Waals surface area contributed by atoms with E-state index in [0.29, 0.717) is 29.9 Å². The molecule has 1 saturated carbocycles. The maximum absolute atomic E-state index is 12.9. The van der Waals surface area contributed by atoms with Crippen LogP contribution in [0.1, 0.15) is 29.8 Å². The summed E-state index contributed by atoms with van der Waals surface area (Å²) in [6, 6.07) is 7.07. The highest BCUT2D eigenvalue weighted by atomic mass is 16.5. The number of ether oxygens (including phenoxy) is 1. The van der Waals surface area contributed by atoms with Crippen LogP contribution in [0, 0.1) is 17.3 Å². The summed E-state index contributed by atoms with van der Waals surface area (Å²) in [5.74, 6) is -1.74. The Morgan fingerprint density at radius 2 is 2.00 bits per heavy atom. The van der Waals surface area contributed by atoms with Gasteiger partial charge in [-0.3, -0.25) is 14.5 Å². The van der Waals surface area contributed by atoms with Gasteiger partial charge in [0.1, 0.15) is 6.33 Å². The molecule has 3 aromatic heterocycles. The van der Waals surface area contributed by atoms with Gasteiger partial charge in [-0.05, 0) is 35.2 Å². The van der Waals surface area contributed by atoms with Crippen molar-refractivity contribution >= 4 is 34.2 Å². The Morgan fingerprint density at radius 3 is 2.72 bits per heavy atom. The molecule has 5 heterocycles. The van der Waals surface area contributed by atoms with E-state index in [1.165, 1.54) is 11.2 Å². The molecule has 2 N–H and O–H groups in total. The van der Waals surface area contributed by atoms with Crippen LogP contribution in [0.15, 0.2) is 43.0 Å². The number of carbonyl (C=O) groups is 3. The molecule has 2 aliphatic heterocycles. The molecule has 0 bridgehead atoms. The van der Waals surface area contributed by atoms with E-state index in [9.17, 15) is 19.5 Å². The minimum absolute atomic E-state index is 0.0154. The summed E-state index contributed by atoms with van der Waals surface area (Å²) in [5.41, 5.74) is 3.38. The average Bonchev–Trinajstić information content (AvgIpc) is 3.27. The number of carboxylic acid groups (broad SMARTS) is 1. The predicted molar refractivity (Wildman–Crippen MR) is 140 cm³/mol. The zero-order valence-electron chi connectivity index (χ0n) is 21.6. The smallest absolute Gasteiger partial charge is 0.335 e. The first kappa shape index (κ1) is 24.0. The van der Waals surface area contributed by atoms with Crippen molar-refractivity contribution in [3.63, 3.8) is 0 Å². The van der Waals surface area contributed by atoms with Gasteiger partial charge in [0.15, 0.2) is 0 Å². The minimum atomic E-state index is -1.03. The maximum Gasteiger partial charge on any atom is 0.335 e. The fourth-order valence-electron chi connectivity index (χ4n) is 6.38. The Labute approximate surface area is 223 Å². The first-order chi connectivity index (χ1) is 18.7. The lowest BCUT2D eigenvalue weighted by molar-refractivity contribution is -0.143. The molecule has 3 aliphatic rings. The third-order valence-corrected chi connectivity index (χ3v) is 8.46. The Balaban J connectivity index is 1.30. The number of carbonyl (C=O) groups excluding carboxylic acids is 2. The third kappa shape index (κ3) is 3.68. The minimum Gasteiger partial charge on any atom is -0.478 e. The molecule has 7 rings (SSSR count). The van der Waals surface area contributed by atoms with Gasteiger partial charge < -0.3 is 19.7 Å². The highest BCUT2D eigenvalue weighted by Crippen LogP contribution is 2.63.